The van der Waals surface area contributed by atoms with Crippen molar-refractivity contribution < 1.29 is 4.79 Å². The fourth-order valence-corrected chi connectivity index (χ4v) is 3.22. The van der Waals surface area contributed by atoms with Crippen molar-refractivity contribution in [1.29, 1.82) is 5.26 Å². The van der Waals surface area contributed by atoms with Crippen LogP contribution in [0, 0.1) is 11.3 Å². The quantitative estimate of drug-likeness (QED) is 0.810. The van der Waals surface area contributed by atoms with Gasteiger partial charge in [0.2, 0.25) is 5.91 Å². The Morgan fingerprint density at radius 1 is 1.69 bits per heavy atom. The van der Waals surface area contributed by atoms with Crippen molar-refractivity contribution in [3.05, 3.63) is 27.4 Å². The Balaban J connectivity index is 2.15. The van der Waals surface area contributed by atoms with Gasteiger partial charge in [0.15, 0.2) is 0 Å². The molecule has 1 fully saturated rings. The highest BCUT2D eigenvalue weighted by molar-refractivity contribution is 8.03. The minimum absolute atomic E-state index is 0.0393. The van der Waals surface area contributed by atoms with Crippen LogP contribution in [0.2, 0.25) is 0 Å². The summed E-state index contributed by atoms with van der Waals surface area (Å²) in [6, 6.07) is 5.90. The molecule has 0 aliphatic carbocycles. The third-order valence-corrected chi connectivity index (χ3v) is 4.01. The Labute approximate surface area is 102 Å². The molecule has 3 nitrogen and oxygen atoms in total. The minimum atomic E-state index is -0.102. The largest absolute Gasteiger partial charge is 0.305 e. The van der Waals surface area contributed by atoms with E-state index in [0.29, 0.717) is 6.54 Å². The molecule has 0 radical (unpaired) electrons. The van der Waals surface area contributed by atoms with Gasteiger partial charge in [-0.15, -0.1) is 23.1 Å². The fourth-order valence-electron chi connectivity index (χ4n) is 1.45. The number of thiophene rings is 1. The maximum absolute atomic E-state index is 11.6. The Bertz CT molecular complexity index is 445. The summed E-state index contributed by atoms with van der Waals surface area (Å²) in [4.78, 5) is 14.5. The van der Waals surface area contributed by atoms with Crippen molar-refractivity contribution in [2.45, 2.75) is 6.42 Å². The van der Waals surface area contributed by atoms with Crippen LogP contribution in [0.3, 0.4) is 0 Å². The van der Waals surface area contributed by atoms with Gasteiger partial charge in [0.1, 0.15) is 6.42 Å². The summed E-state index contributed by atoms with van der Waals surface area (Å²) in [5, 5.41) is 11.5. The van der Waals surface area contributed by atoms with Gasteiger partial charge in [0.25, 0.3) is 0 Å². The summed E-state index contributed by atoms with van der Waals surface area (Å²) in [5.74, 6) is 0.810. The summed E-state index contributed by atoms with van der Waals surface area (Å²) in [7, 11) is 0. The third kappa shape index (κ3) is 2.46. The van der Waals surface area contributed by atoms with Crippen molar-refractivity contribution in [1.82, 2.24) is 4.90 Å². The number of hydrogen-bond donors (Lipinski definition) is 0. The highest BCUT2D eigenvalue weighted by atomic mass is 32.2. The van der Waals surface area contributed by atoms with E-state index in [-0.39, 0.29) is 12.3 Å². The van der Waals surface area contributed by atoms with Gasteiger partial charge >= 0.3 is 0 Å². The Kier molecular flexibility index (Phi) is 3.65. The third-order valence-electron chi connectivity index (χ3n) is 2.17. The van der Waals surface area contributed by atoms with Gasteiger partial charge in [0.05, 0.1) is 11.1 Å². The van der Waals surface area contributed by atoms with Gasteiger partial charge in [0, 0.05) is 17.2 Å². The number of carbonyl (C=O) groups is 1. The molecule has 16 heavy (non-hydrogen) atoms. The van der Waals surface area contributed by atoms with Crippen LogP contribution in [-0.4, -0.2) is 23.1 Å². The smallest absolute Gasteiger partial charge is 0.241 e. The van der Waals surface area contributed by atoms with E-state index in [0.717, 1.165) is 15.7 Å². The summed E-state index contributed by atoms with van der Waals surface area (Å²) in [5.41, 5.74) is 0. The molecule has 0 unspecified atom stereocenters. The molecule has 0 atom stereocenters. The van der Waals surface area contributed by atoms with Crippen LogP contribution in [0.25, 0.3) is 6.08 Å². The monoisotopic (exact) mass is 250 g/mol. The first-order valence-corrected chi connectivity index (χ1v) is 6.73. The number of nitriles is 1. The van der Waals surface area contributed by atoms with Gasteiger partial charge in [-0.1, -0.05) is 6.07 Å². The van der Waals surface area contributed by atoms with Crippen molar-refractivity contribution in [3.8, 4) is 6.07 Å². The van der Waals surface area contributed by atoms with E-state index < -0.39 is 0 Å². The normalized spacial score (nSPS) is 17.7. The van der Waals surface area contributed by atoms with E-state index >= 15 is 0 Å². The van der Waals surface area contributed by atoms with E-state index in [2.05, 4.69) is 0 Å². The van der Waals surface area contributed by atoms with Crippen molar-refractivity contribution >= 4 is 35.1 Å². The molecule has 2 rings (SSSR count). The summed E-state index contributed by atoms with van der Waals surface area (Å²) in [6.45, 7) is 0.711. The summed E-state index contributed by atoms with van der Waals surface area (Å²) >= 11 is 3.31. The van der Waals surface area contributed by atoms with Gasteiger partial charge in [-0.3, -0.25) is 4.79 Å². The zero-order valence-electron chi connectivity index (χ0n) is 8.55. The second kappa shape index (κ2) is 5.19. The van der Waals surface area contributed by atoms with Gasteiger partial charge in [-0.05, 0) is 17.5 Å². The Morgan fingerprint density at radius 2 is 2.56 bits per heavy atom. The van der Waals surface area contributed by atoms with Crippen LogP contribution in [0.15, 0.2) is 22.5 Å². The molecule has 5 heteroatoms. The van der Waals surface area contributed by atoms with Crippen LogP contribution < -0.4 is 0 Å². The number of amides is 1. The number of thioether (sulfide) groups is 1. The molecule has 0 spiro atoms. The molecule has 1 amide bonds. The average molecular weight is 250 g/mol. The number of carbonyl (C=O) groups excluding carboxylic acids is 1. The van der Waals surface area contributed by atoms with E-state index in [1.54, 1.807) is 28.0 Å². The van der Waals surface area contributed by atoms with Gasteiger partial charge in [-0.25, -0.2) is 0 Å². The van der Waals surface area contributed by atoms with E-state index in [9.17, 15) is 4.79 Å². The molecule has 0 aromatic carbocycles. The molecular formula is C11H10N2OS2. The lowest BCUT2D eigenvalue weighted by Crippen LogP contribution is -2.25. The lowest BCUT2D eigenvalue weighted by molar-refractivity contribution is -0.127. The maximum atomic E-state index is 11.6. The van der Waals surface area contributed by atoms with Crippen LogP contribution >= 0.6 is 23.1 Å². The van der Waals surface area contributed by atoms with E-state index in [1.165, 1.54) is 0 Å². The van der Waals surface area contributed by atoms with Gasteiger partial charge < -0.3 is 4.90 Å². The molecule has 82 valence electrons. The Hall–Kier alpha value is -1.25. The molecule has 0 bridgehead atoms. The Morgan fingerprint density at radius 3 is 3.25 bits per heavy atom. The minimum Gasteiger partial charge on any atom is -0.305 e. The average Bonchev–Trinajstić information content (AvgIpc) is 2.90. The van der Waals surface area contributed by atoms with Gasteiger partial charge in [-0.2, -0.15) is 5.26 Å². The first kappa shape index (κ1) is 11.2. The van der Waals surface area contributed by atoms with Crippen molar-refractivity contribution in [3.63, 3.8) is 0 Å². The highest BCUT2D eigenvalue weighted by Crippen LogP contribution is 2.31. The van der Waals surface area contributed by atoms with Crippen LogP contribution in [-0.2, 0) is 4.79 Å². The SMILES string of the molecule is N#CCC(=O)N1CCS/C1=C/c1cccs1. The molecule has 1 aliphatic rings. The zero-order valence-corrected chi connectivity index (χ0v) is 10.2. The van der Waals surface area contributed by atoms with E-state index in [1.807, 2.05) is 29.7 Å². The molecular weight excluding hydrogens is 240 g/mol. The zero-order chi connectivity index (χ0) is 11.4. The number of hydrogen-bond acceptors (Lipinski definition) is 4. The van der Waals surface area contributed by atoms with Crippen molar-refractivity contribution in [2.75, 3.05) is 12.3 Å². The van der Waals surface area contributed by atoms with E-state index in [4.69, 9.17) is 5.26 Å². The second-order valence-corrected chi connectivity index (χ2v) is 5.32. The second-order valence-electron chi connectivity index (χ2n) is 3.23. The van der Waals surface area contributed by atoms with Crippen LogP contribution in [0.4, 0.5) is 0 Å². The lowest BCUT2D eigenvalue weighted by Gasteiger charge is -2.14. The predicted molar refractivity (Wildman–Crippen MR) is 66.7 cm³/mol. The molecule has 2 heterocycles. The molecule has 1 aliphatic heterocycles. The summed E-state index contributed by atoms with van der Waals surface area (Å²) < 4.78 is 0. The number of rotatable bonds is 2. The van der Waals surface area contributed by atoms with Crippen LogP contribution in [0.5, 0.6) is 0 Å². The predicted octanol–water partition coefficient (Wildman–Crippen LogP) is 2.54. The number of nitrogens with zero attached hydrogens (tertiary/aromatic N) is 2. The highest BCUT2D eigenvalue weighted by Gasteiger charge is 2.23. The lowest BCUT2D eigenvalue weighted by atomic mass is 10.3. The fraction of sp³-hybridized carbons (Fsp3) is 0.273. The molecule has 1 aromatic rings. The summed E-state index contributed by atoms with van der Waals surface area (Å²) in [6.07, 6.45) is 1.97. The molecule has 1 aromatic heterocycles. The standard InChI is InChI=1S/C11H10N2OS2/c12-4-3-10(14)13-5-7-16-11(13)8-9-2-1-6-15-9/h1-2,6,8H,3,5,7H2/b11-8+. The molecule has 1 saturated heterocycles. The topological polar surface area (TPSA) is 44.1 Å². The molecule has 0 saturated carbocycles. The maximum Gasteiger partial charge on any atom is 0.241 e. The molecule has 0 N–H and O–H groups in total. The van der Waals surface area contributed by atoms with Crippen molar-refractivity contribution in [2.24, 2.45) is 0 Å². The first-order valence-electron chi connectivity index (χ1n) is 4.86. The van der Waals surface area contributed by atoms with Crippen LogP contribution in [0.1, 0.15) is 11.3 Å². The first-order chi connectivity index (χ1) is 7.81.